The largest absolute Gasteiger partial charge is 0.466 e. The summed E-state index contributed by atoms with van der Waals surface area (Å²) in [5.41, 5.74) is 0.373. The van der Waals surface area contributed by atoms with Crippen LogP contribution in [-0.4, -0.2) is 47.0 Å². The number of esters is 2. The van der Waals surface area contributed by atoms with E-state index in [1.54, 1.807) is 6.92 Å². The molecule has 0 spiro atoms. The zero-order valence-electron chi connectivity index (χ0n) is 11.3. The Labute approximate surface area is 116 Å². The van der Waals surface area contributed by atoms with Crippen molar-refractivity contribution >= 4 is 11.9 Å². The summed E-state index contributed by atoms with van der Waals surface area (Å²) in [7, 11) is 1.24. The van der Waals surface area contributed by atoms with Crippen LogP contribution in [0.2, 0.25) is 0 Å². The van der Waals surface area contributed by atoms with Gasteiger partial charge in [-0.15, -0.1) is 0 Å². The monoisotopic (exact) mass is 283 g/mol. The van der Waals surface area contributed by atoms with Gasteiger partial charge in [-0.2, -0.15) is 0 Å². The first-order valence-electron chi connectivity index (χ1n) is 6.05. The summed E-state index contributed by atoms with van der Waals surface area (Å²) >= 11 is 0. The van der Waals surface area contributed by atoms with E-state index in [-0.39, 0.29) is 24.3 Å². The van der Waals surface area contributed by atoms with Crippen molar-refractivity contribution in [2.24, 2.45) is 0 Å². The molecular weight excluding hydrogens is 266 g/mol. The van der Waals surface area contributed by atoms with Crippen LogP contribution >= 0.6 is 0 Å². The maximum absolute atomic E-state index is 11.2. The molecule has 1 aromatic heterocycles. The van der Waals surface area contributed by atoms with Crippen LogP contribution in [0.5, 0.6) is 0 Å². The van der Waals surface area contributed by atoms with E-state index in [0.29, 0.717) is 0 Å². The minimum absolute atomic E-state index is 0.148. The maximum atomic E-state index is 11.2. The van der Waals surface area contributed by atoms with Gasteiger partial charge in [0.15, 0.2) is 0 Å². The number of ether oxygens (including phenoxy) is 2. The summed E-state index contributed by atoms with van der Waals surface area (Å²) in [6, 6.07) is 2.79. The predicted molar refractivity (Wildman–Crippen MR) is 67.8 cm³/mol. The molecule has 110 valence electrons. The molecule has 0 aromatic carbocycles. The molecule has 0 aliphatic rings. The highest BCUT2D eigenvalue weighted by Crippen LogP contribution is 2.17. The fourth-order valence-electron chi connectivity index (χ4n) is 1.52. The number of carbonyl (C=O) groups excluding carboxylic acids is 2. The number of aromatic nitrogens is 1. The Balaban J connectivity index is 2.69. The molecule has 2 unspecified atom stereocenters. The number of aliphatic hydroxyl groups excluding tert-OH is 2. The van der Waals surface area contributed by atoms with Gasteiger partial charge in [-0.05, 0) is 19.1 Å². The fraction of sp³-hybridized carbons (Fsp3) is 0.462. The van der Waals surface area contributed by atoms with Crippen LogP contribution in [0.1, 0.15) is 35.5 Å². The average molecular weight is 283 g/mol. The maximum Gasteiger partial charge on any atom is 0.339 e. The predicted octanol–water partition coefficient (Wildman–Crippen LogP) is 0.216. The summed E-state index contributed by atoms with van der Waals surface area (Å²) in [5, 5.41) is 19.6. The Morgan fingerprint density at radius 1 is 1.35 bits per heavy atom. The molecule has 0 radical (unpaired) electrons. The lowest BCUT2D eigenvalue weighted by Gasteiger charge is -2.16. The lowest BCUT2D eigenvalue weighted by Crippen LogP contribution is -2.24. The van der Waals surface area contributed by atoms with Gasteiger partial charge in [0.2, 0.25) is 0 Å². The Morgan fingerprint density at radius 2 is 2.05 bits per heavy atom. The van der Waals surface area contributed by atoms with Crippen molar-refractivity contribution in [3.63, 3.8) is 0 Å². The van der Waals surface area contributed by atoms with Crippen LogP contribution < -0.4 is 0 Å². The summed E-state index contributed by atoms with van der Waals surface area (Å²) in [5.74, 6) is -1.16. The summed E-state index contributed by atoms with van der Waals surface area (Å²) < 4.78 is 9.18. The van der Waals surface area contributed by atoms with E-state index in [9.17, 15) is 19.8 Å². The molecular formula is C13H17NO6. The van der Waals surface area contributed by atoms with Gasteiger partial charge in [-0.25, -0.2) is 4.79 Å². The average Bonchev–Trinajstić information content (AvgIpc) is 2.46. The first-order valence-corrected chi connectivity index (χ1v) is 6.05. The third-order valence-electron chi connectivity index (χ3n) is 2.56. The Morgan fingerprint density at radius 3 is 2.55 bits per heavy atom. The number of carbonyl (C=O) groups is 2. The lowest BCUT2D eigenvalue weighted by atomic mass is 10.1. The molecule has 2 N–H and O–H groups in total. The van der Waals surface area contributed by atoms with Gasteiger partial charge in [0.25, 0.3) is 0 Å². The Kier molecular flexibility index (Phi) is 6.08. The van der Waals surface area contributed by atoms with Crippen molar-refractivity contribution in [2.45, 2.75) is 25.6 Å². The molecule has 0 aliphatic heterocycles. The summed E-state index contributed by atoms with van der Waals surface area (Å²) in [6.45, 7) is 1.85. The van der Waals surface area contributed by atoms with Crippen molar-refractivity contribution < 1.29 is 29.3 Å². The van der Waals surface area contributed by atoms with Gasteiger partial charge in [-0.1, -0.05) is 0 Å². The molecule has 0 fully saturated rings. The smallest absolute Gasteiger partial charge is 0.339 e. The molecule has 7 nitrogen and oxygen atoms in total. The number of pyridine rings is 1. The second-order valence-corrected chi connectivity index (χ2v) is 3.98. The van der Waals surface area contributed by atoms with Crippen molar-refractivity contribution in [2.75, 3.05) is 13.7 Å². The Hall–Kier alpha value is -1.99. The SMILES string of the molecule is CCOC(=O)CC(O)C(O)c1ccc(C(=O)OC)cn1. The second-order valence-electron chi connectivity index (χ2n) is 3.98. The van der Waals surface area contributed by atoms with E-state index in [0.717, 1.165) is 0 Å². The highest BCUT2D eigenvalue weighted by Gasteiger charge is 2.23. The number of methoxy groups -OCH3 is 1. The molecule has 20 heavy (non-hydrogen) atoms. The highest BCUT2D eigenvalue weighted by atomic mass is 16.5. The third-order valence-corrected chi connectivity index (χ3v) is 2.56. The fourth-order valence-corrected chi connectivity index (χ4v) is 1.52. The molecule has 1 heterocycles. The number of nitrogens with zero attached hydrogens (tertiary/aromatic N) is 1. The summed E-state index contributed by atoms with van der Waals surface area (Å²) in [4.78, 5) is 26.3. The van der Waals surface area contributed by atoms with Crippen LogP contribution in [0.15, 0.2) is 18.3 Å². The third kappa shape index (κ3) is 4.29. The van der Waals surface area contributed by atoms with Gasteiger partial charge in [0, 0.05) is 6.20 Å². The molecule has 0 bridgehead atoms. The molecule has 0 amide bonds. The first kappa shape index (κ1) is 16.1. The number of hydrogen-bond acceptors (Lipinski definition) is 7. The zero-order chi connectivity index (χ0) is 15.1. The minimum Gasteiger partial charge on any atom is -0.466 e. The standard InChI is InChI=1S/C13H17NO6/c1-3-20-11(16)6-10(15)12(17)9-5-4-8(7-14-9)13(18)19-2/h4-5,7,10,12,15,17H,3,6H2,1-2H3. The van der Waals surface area contributed by atoms with Crippen molar-refractivity contribution in [3.05, 3.63) is 29.6 Å². The molecule has 7 heteroatoms. The van der Waals surface area contributed by atoms with E-state index >= 15 is 0 Å². The van der Waals surface area contributed by atoms with Crippen LogP contribution in [0.25, 0.3) is 0 Å². The van der Waals surface area contributed by atoms with Crippen LogP contribution in [0.3, 0.4) is 0 Å². The van der Waals surface area contributed by atoms with E-state index in [1.807, 2.05) is 0 Å². The quantitative estimate of drug-likeness (QED) is 0.719. The Bertz CT molecular complexity index is 458. The first-order chi connectivity index (χ1) is 9.49. The number of aliphatic hydroxyl groups is 2. The molecule has 0 saturated carbocycles. The van der Waals surface area contributed by atoms with E-state index in [1.165, 1.54) is 25.4 Å². The number of hydrogen-bond donors (Lipinski definition) is 2. The van der Waals surface area contributed by atoms with E-state index in [2.05, 4.69) is 14.5 Å². The lowest BCUT2D eigenvalue weighted by molar-refractivity contribution is -0.147. The molecule has 1 rings (SSSR count). The summed E-state index contributed by atoms with van der Waals surface area (Å²) in [6.07, 6.45) is -1.78. The van der Waals surface area contributed by atoms with Gasteiger partial charge in [-0.3, -0.25) is 9.78 Å². The molecule has 0 saturated heterocycles. The minimum atomic E-state index is -1.34. The zero-order valence-corrected chi connectivity index (χ0v) is 11.3. The van der Waals surface area contributed by atoms with Gasteiger partial charge >= 0.3 is 11.9 Å². The van der Waals surface area contributed by atoms with E-state index in [4.69, 9.17) is 0 Å². The van der Waals surface area contributed by atoms with Crippen molar-refractivity contribution in [3.8, 4) is 0 Å². The number of rotatable bonds is 6. The van der Waals surface area contributed by atoms with E-state index < -0.39 is 24.1 Å². The van der Waals surface area contributed by atoms with Crippen LogP contribution in [0, 0.1) is 0 Å². The van der Waals surface area contributed by atoms with Gasteiger partial charge in [0.1, 0.15) is 6.10 Å². The van der Waals surface area contributed by atoms with Crippen LogP contribution in [0.4, 0.5) is 0 Å². The van der Waals surface area contributed by atoms with Gasteiger partial charge in [0.05, 0.1) is 37.5 Å². The topological polar surface area (TPSA) is 106 Å². The molecule has 2 atom stereocenters. The van der Waals surface area contributed by atoms with Gasteiger partial charge < -0.3 is 19.7 Å². The molecule has 1 aromatic rings. The highest BCUT2D eigenvalue weighted by molar-refractivity contribution is 5.88. The molecule has 0 aliphatic carbocycles. The van der Waals surface area contributed by atoms with Crippen molar-refractivity contribution in [1.29, 1.82) is 0 Å². The normalized spacial score (nSPS) is 13.4. The van der Waals surface area contributed by atoms with Crippen molar-refractivity contribution in [1.82, 2.24) is 4.98 Å². The second kappa shape index (κ2) is 7.56. The van der Waals surface area contributed by atoms with Crippen LogP contribution in [-0.2, 0) is 14.3 Å².